The molecule has 3 rings (SSSR count). The molecule has 2 N–H and O–H groups in total. The number of rotatable bonds is 4. The highest BCUT2D eigenvalue weighted by molar-refractivity contribution is 7.98. The van der Waals surface area contributed by atoms with Gasteiger partial charge in [-0.3, -0.25) is 0 Å². The molecule has 0 radical (unpaired) electrons. The number of nitrogens with zero attached hydrogens (tertiary/aromatic N) is 1. The molecule has 4 heteroatoms. The van der Waals surface area contributed by atoms with E-state index in [1.165, 1.54) is 11.1 Å². The number of para-hydroxylation sites is 1. The van der Waals surface area contributed by atoms with Gasteiger partial charge in [-0.1, -0.05) is 42.0 Å². The highest BCUT2D eigenvalue weighted by atomic mass is 32.2. The molecule has 106 valence electrons. The molecule has 2 nitrogen and oxygen atoms in total. The van der Waals surface area contributed by atoms with E-state index >= 15 is 0 Å². The van der Waals surface area contributed by atoms with Crippen LogP contribution < -0.4 is 5.73 Å². The zero-order valence-corrected chi connectivity index (χ0v) is 13.4. The lowest BCUT2D eigenvalue weighted by Crippen LogP contribution is -1.88. The van der Waals surface area contributed by atoms with Crippen LogP contribution in [0.25, 0.3) is 10.6 Å². The van der Waals surface area contributed by atoms with Crippen LogP contribution in [0.2, 0.25) is 0 Å². The van der Waals surface area contributed by atoms with E-state index in [2.05, 4.69) is 36.6 Å². The Morgan fingerprint density at radius 3 is 2.62 bits per heavy atom. The van der Waals surface area contributed by atoms with E-state index in [4.69, 9.17) is 10.7 Å². The summed E-state index contributed by atoms with van der Waals surface area (Å²) in [6.45, 7) is 2.10. The first kappa shape index (κ1) is 14.2. The van der Waals surface area contributed by atoms with Gasteiger partial charge in [0.05, 0.1) is 5.69 Å². The lowest BCUT2D eigenvalue weighted by Gasteiger charge is -2.03. The summed E-state index contributed by atoms with van der Waals surface area (Å²) in [6, 6.07) is 16.4. The summed E-state index contributed by atoms with van der Waals surface area (Å²) in [4.78, 5) is 5.83. The quantitative estimate of drug-likeness (QED) is 0.544. The summed E-state index contributed by atoms with van der Waals surface area (Å²) in [6.07, 6.45) is 0. The molecule has 0 saturated heterocycles. The number of thiazole rings is 1. The number of hydrogen-bond donors (Lipinski definition) is 1. The second-order valence-electron chi connectivity index (χ2n) is 4.84. The maximum absolute atomic E-state index is 5.96. The van der Waals surface area contributed by atoms with Gasteiger partial charge in [0.1, 0.15) is 5.01 Å². The lowest BCUT2D eigenvalue weighted by molar-refractivity contribution is 1.23. The van der Waals surface area contributed by atoms with Gasteiger partial charge in [-0.2, -0.15) is 0 Å². The van der Waals surface area contributed by atoms with Crippen LogP contribution in [-0.4, -0.2) is 4.98 Å². The molecule has 2 aromatic carbocycles. The number of anilines is 1. The van der Waals surface area contributed by atoms with Crippen LogP contribution in [-0.2, 0) is 5.75 Å². The Balaban J connectivity index is 1.71. The molecule has 0 saturated carbocycles. The number of aromatic nitrogens is 1. The smallest absolute Gasteiger partial charge is 0.123 e. The van der Waals surface area contributed by atoms with E-state index in [0.717, 1.165) is 27.0 Å². The molecule has 0 unspecified atom stereocenters. The molecule has 0 bridgehead atoms. The third kappa shape index (κ3) is 3.46. The average Bonchev–Trinajstić information content (AvgIpc) is 2.96. The zero-order chi connectivity index (χ0) is 14.7. The summed E-state index contributed by atoms with van der Waals surface area (Å²) in [7, 11) is 0. The first-order valence-corrected chi connectivity index (χ1v) is 8.57. The molecule has 3 aromatic rings. The zero-order valence-electron chi connectivity index (χ0n) is 11.7. The van der Waals surface area contributed by atoms with Crippen molar-refractivity contribution in [3.8, 4) is 10.6 Å². The minimum absolute atomic E-state index is 0.830. The Labute approximate surface area is 133 Å². The van der Waals surface area contributed by atoms with Crippen molar-refractivity contribution in [2.24, 2.45) is 0 Å². The highest BCUT2D eigenvalue weighted by Crippen LogP contribution is 2.30. The van der Waals surface area contributed by atoms with Gasteiger partial charge in [-0.05, 0) is 19.1 Å². The van der Waals surface area contributed by atoms with Crippen molar-refractivity contribution in [1.82, 2.24) is 4.98 Å². The number of nitrogens with two attached hydrogens (primary N) is 1. The summed E-state index contributed by atoms with van der Waals surface area (Å²) >= 11 is 3.42. The lowest BCUT2D eigenvalue weighted by atomic mass is 10.2. The fourth-order valence-electron chi connectivity index (χ4n) is 1.97. The van der Waals surface area contributed by atoms with Gasteiger partial charge in [-0.15, -0.1) is 23.1 Å². The van der Waals surface area contributed by atoms with E-state index in [9.17, 15) is 0 Å². The maximum Gasteiger partial charge on any atom is 0.123 e. The number of thioether (sulfide) groups is 1. The van der Waals surface area contributed by atoms with Crippen LogP contribution >= 0.6 is 23.1 Å². The predicted octanol–water partition coefficient (Wildman–Crippen LogP) is 4.99. The van der Waals surface area contributed by atoms with Gasteiger partial charge in [0, 0.05) is 27.3 Å². The Hall–Kier alpha value is -1.78. The fourth-order valence-corrected chi connectivity index (χ4v) is 3.76. The van der Waals surface area contributed by atoms with E-state index in [1.807, 2.05) is 24.3 Å². The van der Waals surface area contributed by atoms with Crippen molar-refractivity contribution in [2.75, 3.05) is 5.73 Å². The first-order valence-electron chi connectivity index (χ1n) is 6.71. The molecule has 0 spiro atoms. The summed E-state index contributed by atoms with van der Waals surface area (Å²) in [5, 5.41) is 3.20. The second kappa shape index (κ2) is 6.33. The Bertz CT molecular complexity index is 733. The maximum atomic E-state index is 5.96. The first-order chi connectivity index (χ1) is 10.2. The van der Waals surface area contributed by atoms with Crippen LogP contribution in [0.3, 0.4) is 0 Å². The predicted molar refractivity (Wildman–Crippen MR) is 92.7 cm³/mol. The molecule has 1 aromatic heterocycles. The van der Waals surface area contributed by atoms with Gasteiger partial charge in [0.25, 0.3) is 0 Å². The van der Waals surface area contributed by atoms with Crippen LogP contribution in [0.1, 0.15) is 11.3 Å². The average molecular weight is 312 g/mol. The molecule has 0 aliphatic heterocycles. The van der Waals surface area contributed by atoms with Crippen molar-refractivity contribution < 1.29 is 0 Å². The SMILES string of the molecule is Cc1ccc(-c2nc(CSc3ccccc3N)cs2)cc1. The summed E-state index contributed by atoms with van der Waals surface area (Å²) in [5.74, 6) is 0.844. The fraction of sp³-hybridized carbons (Fsp3) is 0.118. The van der Waals surface area contributed by atoms with Crippen LogP contribution in [0.5, 0.6) is 0 Å². The number of benzene rings is 2. The van der Waals surface area contributed by atoms with Crippen LogP contribution in [0, 0.1) is 6.92 Å². The van der Waals surface area contributed by atoms with E-state index < -0.39 is 0 Å². The minimum atomic E-state index is 0.830. The normalized spacial score (nSPS) is 10.7. The monoisotopic (exact) mass is 312 g/mol. The third-order valence-electron chi connectivity index (χ3n) is 3.14. The van der Waals surface area contributed by atoms with Gasteiger partial charge in [0.2, 0.25) is 0 Å². The number of aryl methyl sites for hydroxylation is 1. The summed E-state index contributed by atoms with van der Waals surface area (Å²) in [5.41, 5.74) is 10.3. The molecule has 0 aliphatic rings. The molecule has 0 amide bonds. The molecular weight excluding hydrogens is 296 g/mol. The van der Waals surface area contributed by atoms with Crippen molar-refractivity contribution in [2.45, 2.75) is 17.6 Å². The van der Waals surface area contributed by atoms with Gasteiger partial charge >= 0.3 is 0 Å². The van der Waals surface area contributed by atoms with Gasteiger partial charge in [-0.25, -0.2) is 4.98 Å². The van der Waals surface area contributed by atoms with Crippen molar-refractivity contribution in [3.63, 3.8) is 0 Å². The van der Waals surface area contributed by atoms with E-state index in [-0.39, 0.29) is 0 Å². The van der Waals surface area contributed by atoms with Crippen LogP contribution in [0.15, 0.2) is 58.8 Å². The van der Waals surface area contributed by atoms with Crippen molar-refractivity contribution in [3.05, 3.63) is 65.2 Å². The molecule has 21 heavy (non-hydrogen) atoms. The molecule has 0 fully saturated rings. The Kier molecular flexibility index (Phi) is 4.27. The number of hydrogen-bond acceptors (Lipinski definition) is 4. The standard InChI is InChI=1S/C17H16N2S2/c1-12-6-8-13(9-7-12)17-19-14(11-21-17)10-20-16-5-3-2-4-15(16)18/h2-9,11H,10,18H2,1H3. The Morgan fingerprint density at radius 2 is 1.86 bits per heavy atom. The Morgan fingerprint density at radius 1 is 1.10 bits per heavy atom. The third-order valence-corrected chi connectivity index (χ3v) is 5.21. The topological polar surface area (TPSA) is 38.9 Å². The van der Waals surface area contributed by atoms with E-state index in [0.29, 0.717) is 0 Å². The summed E-state index contributed by atoms with van der Waals surface area (Å²) < 4.78 is 0. The molecular formula is C17H16N2S2. The molecule has 0 aliphatic carbocycles. The highest BCUT2D eigenvalue weighted by Gasteiger charge is 2.06. The van der Waals surface area contributed by atoms with Gasteiger partial charge in [0.15, 0.2) is 0 Å². The van der Waals surface area contributed by atoms with E-state index in [1.54, 1.807) is 23.1 Å². The van der Waals surface area contributed by atoms with Gasteiger partial charge < -0.3 is 5.73 Å². The molecule has 0 atom stereocenters. The van der Waals surface area contributed by atoms with Crippen molar-refractivity contribution >= 4 is 28.8 Å². The minimum Gasteiger partial charge on any atom is -0.398 e. The largest absolute Gasteiger partial charge is 0.398 e. The second-order valence-corrected chi connectivity index (χ2v) is 6.71. The van der Waals surface area contributed by atoms with Crippen molar-refractivity contribution in [1.29, 1.82) is 0 Å². The molecule has 1 heterocycles. The number of nitrogen functional groups attached to an aromatic ring is 1. The van der Waals surface area contributed by atoms with Crippen LogP contribution in [0.4, 0.5) is 5.69 Å².